The minimum Gasteiger partial charge on any atom is -0.419 e. The lowest BCUT2D eigenvalue weighted by atomic mass is 10.2. The van der Waals surface area contributed by atoms with Gasteiger partial charge in [0.25, 0.3) is 0 Å². The molecule has 0 unspecified atom stereocenters. The third-order valence-electron chi connectivity index (χ3n) is 2.60. The molecule has 0 bridgehead atoms. The van der Waals surface area contributed by atoms with Gasteiger partial charge < -0.3 is 9.52 Å². The molecule has 0 aliphatic rings. The Balaban J connectivity index is 1.78. The Morgan fingerprint density at radius 2 is 1.95 bits per heavy atom. The normalized spacial score (nSPS) is 10.9. The van der Waals surface area contributed by atoms with Gasteiger partial charge in [-0.3, -0.25) is 0 Å². The van der Waals surface area contributed by atoms with Gasteiger partial charge in [-0.15, -0.1) is 15.3 Å². The molecule has 8 heteroatoms. The molecule has 0 aliphatic heterocycles. The summed E-state index contributed by atoms with van der Waals surface area (Å²) < 4.78 is 7.06. The Morgan fingerprint density at radius 3 is 2.65 bits per heavy atom. The summed E-state index contributed by atoms with van der Waals surface area (Å²) in [5, 5.41) is 25.1. The van der Waals surface area contributed by atoms with Gasteiger partial charge in [0.1, 0.15) is 12.2 Å². The molecular weight excluding hydrogens is 282 g/mol. The van der Waals surface area contributed by atoms with E-state index < -0.39 is 0 Å². The zero-order valence-corrected chi connectivity index (χ0v) is 11.0. The van der Waals surface area contributed by atoms with Crippen LogP contribution in [0.25, 0.3) is 11.5 Å². The summed E-state index contributed by atoms with van der Waals surface area (Å²) in [4.78, 5) is 0. The van der Waals surface area contributed by atoms with Crippen LogP contribution in [-0.4, -0.2) is 30.3 Å². The number of nitrogens with zero attached hydrogens (tertiary/aromatic N) is 5. The molecule has 7 nitrogen and oxygen atoms in total. The number of benzene rings is 1. The molecule has 1 N–H and O–H groups in total. The van der Waals surface area contributed by atoms with Crippen LogP contribution >= 0.6 is 11.6 Å². The molecule has 0 saturated heterocycles. The van der Waals surface area contributed by atoms with Gasteiger partial charge in [-0.1, -0.05) is 16.8 Å². The van der Waals surface area contributed by atoms with Gasteiger partial charge in [0.15, 0.2) is 0 Å². The summed E-state index contributed by atoms with van der Waals surface area (Å²) >= 11 is 5.82. The van der Waals surface area contributed by atoms with Crippen LogP contribution in [0.1, 0.15) is 11.6 Å². The van der Waals surface area contributed by atoms with E-state index in [1.54, 1.807) is 30.5 Å². The highest BCUT2D eigenvalue weighted by atomic mass is 35.5. The van der Waals surface area contributed by atoms with E-state index in [1.807, 2.05) is 0 Å². The molecule has 3 rings (SSSR count). The smallest absolute Gasteiger partial charge is 0.247 e. The SMILES string of the molecule is OCc1cn(Cc2nnc(-c3ccc(Cl)cc3)o2)nn1. The predicted molar refractivity (Wildman–Crippen MR) is 69.8 cm³/mol. The minimum atomic E-state index is -0.153. The van der Waals surface area contributed by atoms with Crippen LogP contribution in [0.3, 0.4) is 0 Å². The van der Waals surface area contributed by atoms with Crippen LogP contribution in [0.15, 0.2) is 34.9 Å². The third-order valence-corrected chi connectivity index (χ3v) is 2.86. The Bertz CT molecular complexity index is 707. The molecule has 0 radical (unpaired) electrons. The molecule has 0 saturated carbocycles. The first-order chi connectivity index (χ1) is 9.74. The van der Waals surface area contributed by atoms with Crippen molar-refractivity contribution in [3.8, 4) is 11.5 Å². The molecule has 0 atom stereocenters. The number of rotatable bonds is 4. The van der Waals surface area contributed by atoms with Gasteiger partial charge in [0, 0.05) is 10.6 Å². The first-order valence-electron chi connectivity index (χ1n) is 5.83. The van der Waals surface area contributed by atoms with Gasteiger partial charge in [0.2, 0.25) is 11.8 Å². The summed E-state index contributed by atoms with van der Waals surface area (Å²) in [7, 11) is 0. The van der Waals surface area contributed by atoms with Crippen molar-refractivity contribution in [1.82, 2.24) is 25.2 Å². The molecule has 2 aromatic heterocycles. The Kier molecular flexibility index (Phi) is 3.44. The Hall–Kier alpha value is -2.25. The van der Waals surface area contributed by atoms with Gasteiger partial charge in [-0.2, -0.15) is 0 Å². The first-order valence-corrected chi connectivity index (χ1v) is 6.20. The number of aliphatic hydroxyl groups is 1. The zero-order chi connectivity index (χ0) is 13.9. The van der Waals surface area contributed by atoms with Crippen molar-refractivity contribution in [2.24, 2.45) is 0 Å². The van der Waals surface area contributed by atoms with Gasteiger partial charge in [-0.25, -0.2) is 4.68 Å². The Labute approximate surface area is 118 Å². The fraction of sp³-hybridized carbons (Fsp3) is 0.167. The predicted octanol–water partition coefficient (Wildman–Crippen LogP) is 1.52. The number of halogens is 1. The quantitative estimate of drug-likeness (QED) is 0.784. The standard InChI is InChI=1S/C12H10ClN5O2/c13-9-3-1-8(2-4-9)12-16-15-11(20-12)6-18-5-10(7-19)14-17-18/h1-5,19H,6-7H2. The highest BCUT2D eigenvalue weighted by molar-refractivity contribution is 6.30. The zero-order valence-electron chi connectivity index (χ0n) is 10.3. The summed E-state index contributed by atoms with van der Waals surface area (Å²) in [6.07, 6.45) is 1.62. The fourth-order valence-electron chi connectivity index (χ4n) is 1.65. The summed E-state index contributed by atoms with van der Waals surface area (Å²) in [5.41, 5.74) is 1.28. The fourth-order valence-corrected chi connectivity index (χ4v) is 1.78. The van der Waals surface area contributed by atoms with Gasteiger partial charge in [-0.05, 0) is 24.3 Å². The average molecular weight is 292 g/mol. The second-order valence-corrected chi connectivity index (χ2v) is 4.51. The highest BCUT2D eigenvalue weighted by Gasteiger charge is 2.10. The number of aromatic nitrogens is 5. The van der Waals surface area contributed by atoms with Gasteiger partial charge in [0.05, 0.1) is 12.8 Å². The van der Waals surface area contributed by atoms with E-state index in [1.165, 1.54) is 4.68 Å². The van der Waals surface area contributed by atoms with Gasteiger partial charge >= 0.3 is 0 Å². The van der Waals surface area contributed by atoms with Crippen LogP contribution in [0, 0.1) is 0 Å². The molecule has 0 fully saturated rings. The lowest BCUT2D eigenvalue weighted by molar-refractivity contribution is 0.276. The average Bonchev–Trinajstić information content (AvgIpc) is 3.09. The van der Waals surface area contributed by atoms with Crippen molar-refractivity contribution in [3.63, 3.8) is 0 Å². The van der Waals surface area contributed by atoms with Crippen molar-refractivity contribution in [2.75, 3.05) is 0 Å². The molecule has 0 aliphatic carbocycles. The highest BCUT2D eigenvalue weighted by Crippen LogP contribution is 2.20. The molecular formula is C12H10ClN5O2. The molecule has 0 amide bonds. The van der Waals surface area contributed by atoms with Crippen molar-refractivity contribution in [1.29, 1.82) is 0 Å². The van der Waals surface area contributed by atoms with Crippen LogP contribution in [0.2, 0.25) is 5.02 Å². The maximum Gasteiger partial charge on any atom is 0.247 e. The summed E-state index contributed by atoms with van der Waals surface area (Å²) in [6.45, 7) is 0.146. The topological polar surface area (TPSA) is 89.9 Å². The molecule has 3 aromatic rings. The van der Waals surface area contributed by atoms with Crippen LogP contribution in [-0.2, 0) is 13.2 Å². The van der Waals surface area contributed by atoms with E-state index in [9.17, 15) is 0 Å². The molecule has 2 heterocycles. The van der Waals surface area contributed by atoms with E-state index in [-0.39, 0.29) is 6.61 Å². The van der Waals surface area contributed by atoms with Crippen molar-refractivity contribution >= 4 is 11.6 Å². The molecule has 0 spiro atoms. The number of hydrogen-bond acceptors (Lipinski definition) is 6. The van der Waals surface area contributed by atoms with E-state index >= 15 is 0 Å². The van der Waals surface area contributed by atoms with Crippen molar-refractivity contribution in [3.05, 3.63) is 47.1 Å². The third kappa shape index (κ3) is 2.68. The van der Waals surface area contributed by atoms with E-state index in [4.69, 9.17) is 21.1 Å². The largest absolute Gasteiger partial charge is 0.419 e. The number of aliphatic hydroxyl groups excluding tert-OH is 1. The summed E-state index contributed by atoms with van der Waals surface area (Å²) in [6, 6.07) is 7.12. The van der Waals surface area contributed by atoms with Crippen molar-refractivity contribution in [2.45, 2.75) is 13.2 Å². The van der Waals surface area contributed by atoms with Crippen LogP contribution in [0.4, 0.5) is 0 Å². The lowest BCUT2D eigenvalue weighted by Gasteiger charge is -1.95. The molecule has 1 aromatic carbocycles. The van der Waals surface area contributed by atoms with E-state index in [0.29, 0.717) is 29.0 Å². The van der Waals surface area contributed by atoms with Crippen LogP contribution in [0.5, 0.6) is 0 Å². The minimum absolute atomic E-state index is 0.153. The van der Waals surface area contributed by atoms with Crippen molar-refractivity contribution < 1.29 is 9.52 Å². The van der Waals surface area contributed by atoms with E-state index in [2.05, 4.69) is 20.5 Å². The first kappa shape index (κ1) is 12.8. The van der Waals surface area contributed by atoms with Crippen LogP contribution < -0.4 is 0 Å². The maximum atomic E-state index is 8.91. The second-order valence-electron chi connectivity index (χ2n) is 4.07. The van der Waals surface area contributed by atoms with E-state index in [0.717, 1.165) is 5.56 Å². The molecule has 102 valence electrons. The lowest BCUT2D eigenvalue weighted by Crippen LogP contribution is -2.00. The molecule has 20 heavy (non-hydrogen) atoms. The monoisotopic (exact) mass is 291 g/mol. The number of hydrogen-bond donors (Lipinski definition) is 1. The Morgan fingerprint density at radius 1 is 1.15 bits per heavy atom. The maximum absolute atomic E-state index is 8.91. The second kappa shape index (κ2) is 5.40. The summed E-state index contributed by atoms with van der Waals surface area (Å²) in [5.74, 6) is 0.823.